The lowest BCUT2D eigenvalue weighted by Gasteiger charge is -2.06. The number of nitrogens with one attached hydrogen (secondary N) is 2. The van der Waals surface area contributed by atoms with E-state index in [1.807, 2.05) is 0 Å². The van der Waals surface area contributed by atoms with Crippen LogP contribution >= 0.6 is 0 Å². The molecule has 0 radical (unpaired) electrons. The van der Waals surface area contributed by atoms with E-state index in [2.05, 4.69) is 10.0 Å². The van der Waals surface area contributed by atoms with E-state index in [1.165, 1.54) is 19.2 Å². The highest BCUT2D eigenvalue weighted by molar-refractivity contribution is 7.89. The predicted molar refractivity (Wildman–Crippen MR) is 65.0 cm³/mol. The smallest absolute Gasteiger partial charge is 0.251 e. The third-order valence-electron chi connectivity index (χ3n) is 2.13. The van der Waals surface area contributed by atoms with E-state index in [9.17, 15) is 23.4 Å². The molecule has 0 fully saturated rings. The summed E-state index contributed by atoms with van der Waals surface area (Å²) in [5.41, 5.74) is 0.0503. The lowest BCUT2D eigenvalue weighted by molar-refractivity contribution is 0.0955. The highest BCUT2D eigenvalue weighted by Crippen LogP contribution is 2.20. The molecule has 100 valence electrons. The Morgan fingerprint density at radius 2 is 1.78 bits per heavy atom. The predicted octanol–water partition coefficient (Wildman–Crippen LogP) is -0.623. The first-order valence-electron chi connectivity index (χ1n) is 5.06. The molecule has 0 aromatic heterocycles. The van der Waals surface area contributed by atoms with E-state index < -0.39 is 15.9 Å². The number of amides is 1. The maximum atomic E-state index is 11.6. The van der Waals surface area contributed by atoms with Gasteiger partial charge in [-0.05, 0) is 19.2 Å². The summed E-state index contributed by atoms with van der Waals surface area (Å²) in [6.45, 7) is -0.0710. The third-order valence-corrected chi connectivity index (χ3v) is 3.50. The van der Waals surface area contributed by atoms with Gasteiger partial charge in [0.1, 0.15) is 11.5 Å². The number of aromatic hydroxyl groups is 2. The first kappa shape index (κ1) is 14.3. The molecule has 1 amide bonds. The Morgan fingerprint density at radius 3 is 2.28 bits per heavy atom. The molecule has 0 heterocycles. The molecule has 0 aliphatic carbocycles. The van der Waals surface area contributed by atoms with Gasteiger partial charge in [0.15, 0.2) is 0 Å². The summed E-state index contributed by atoms with van der Waals surface area (Å²) in [4.78, 5) is 11.6. The van der Waals surface area contributed by atoms with Crippen molar-refractivity contribution in [2.45, 2.75) is 0 Å². The normalized spacial score (nSPS) is 11.2. The summed E-state index contributed by atoms with van der Waals surface area (Å²) in [6.07, 6.45) is 0. The Hall–Kier alpha value is -1.80. The number of hydrogen-bond acceptors (Lipinski definition) is 5. The molecule has 0 unspecified atom stereocenters. The maximum Gasteiger partial charge on any atom is 0.251 e. The Kier molecular flexibility index (Phi) is 4.51. The van der Waals surface area contributed by atoms with Crippen LogP contribution in [0.3, 0.4) is 0 Å². The van der Waals surface area contributed by atoms with E-state index in [0.717, 1.165) is 6.07 Å². The summed E-state index contributed by atoms with van der Waals surface area (Å²) < 4.78 is 24.3. The van der Waals surface area contributed by atoms with Gasteiger partial charge < -0.3 is 15.5 Å². The summed E-state index contributed by atoms with van der Waals surface area (Å²) in [6, 6.07) is 3.42. The lowest BCUT2D eigenvalue weighted by Crippen LogP contribution is -2.32. The molecule has 0 aliphatic heterocycles. The Bertz CT molecular complexity index is 521. The Balaban J connectivity index is 2.61. The van der Waals surface area contributed by atoms with Gasteiger partial charge in [-0.15, -0.1) is 0 Å². The molecule has 18 heavy (non-hydrogen) atoms. The largest absolute Gasteiger partial charge is 0.508 e. The minimum atomic E-state index is -3.38. The molecule has 0 atom stereocenters. The van der Waals surface area contributed by atoms with Crippen LogP contribution in [0.15, 0.2) is 18.2 Å². The molecule has 4 N–H and O–H groups in total. The number of carbonyl (C=O) groups excluding carboxylic acids is 1. The fourth-order valence-corrected chi connectivity index (χ4v) is 1.80. The molecular formula is C10H14N2O5S. The summed E-state index contributed by atoms with van der Waals surface area (Å²) in [5.74, 6) is -1.32. The van der Waals surface area contributed by atoms with Crippen molar-refractivity contribution >= 4 is 15.9 Å². The lowest BCUT2D eigenvalue weighted by atomic mass is 10.2. The van der Waals surface area contributed by atoms with Crippen LogP contribution < -0.4 is 10.0 Å². The van der Waals surface area contributed by atoms with Crippen LogP contribution in [0.25, 0.3) is 0 Å². The molecule has 1 aromatic rings. The van der Waals surface area contributed by atoms with Crippen molar-refractivity contribution in [3.05, 3.63) is 23.8 Å². The number of carbonyl (C=O) groups is 1. The molecule has 1 aromatic carbocycles. The van der Waals surface area contributed by atoms with Gasteiger partial charge in [-0.3, -0.25) is 4.79 Å². The fourth-order valence-electron chi connectivity index (χ4n) is 1.23. The van der Waals surface area contributed by atoms with Crippen molar-refractivity contribution in [1.82, 2.24) is 10.0 Å². The number of phenols is 2. The van der Waals surface area contributed by atoms with Gasteiger partial charge in [0, 0.05) is 18.2 Å². The van der Waals surface area contributed by atoms with Crippen LogP contribution in [-0.2, 0) is 10.0 Å². The van der Waals surface area contributed by atoms with Crippen molar-refractivity contribution in [3.63, 3.8) is 0 Å². The van der Waals surface area contributed by atoms with Crippen LogP contribution in [0.4, 0.5) is 0 Å². The topological polar surface area (TPSA) is 116 Å². The Morgan fingerprint density at radius 1 is 1.22 bits per heavy atom. The molecule has 0 spiro atoms. The van der Waals surface area contributed by atoms with Crippen molar-refractivity contribution in [2.75, 3.05) is 19.3 Å². The quantitative estimate of drug-likeness (QED) is 0.571. The van der Waals surface area contributed by atoms with Gasteiger partial charge in [0.25, 0.3) is 5.91 Å². The van der Waals surface area contributed by atoms with Gasteiger partial charge >= 0.3 is 0 Å². The molecule has 8 heteroatoms. The fraction of sp³-hybridized carbons (Fsp3) is 0.300. The molecular weight excluding hydrogens is 260 g/mol. The van der Waals surface area contributed by atoms with Gasteiger partial charge in [0.2, 0.25) is 10.0 Å². The highest BCUT2D eigenvalue weighted by atomic mass is 32.2. The minimum absolute atomic E-state index is 0.0503. The summed E-state index contributed by atoms with van der Waals surface area (Å²) in [7, 11) is -2.10. The van der Waals surface area contributed by atoms with Crippen LogP contribution in [0, 0.1) is 0 Å². The van der Waals surface area contributed by atoms with Crippen molar-refractivity contribution < 1.29 is 23.4 Å². The zero-order valence-corrected chi connectivity index (χ0v) is 10.5. The van der Waals surface area contributed by atoms with Crippen LogP contribution in [0.1, 0.15) is 10.4 Å². The van der Waals surface area contributed by atoms with Gasteiger partial charge in [-0.25, -0.2) is 13.1 Å². The van der Waals surface area contributed by atoms with Crippen LogP contribution in [0.5, 0.6) is 11.5 Å². The molecule has 1 rings (SSSR count). The Labute approximate surface area is 105 Å². The highest BCUT2D eigenvalue weighted by Gasteiger charge is 2.10. The number of hydrogen-bond donors (Lipinski definition) is 4. The SMILES string of the molecule is CNS(=O)(=O)CCNC(=O)c1cc(O)cc(O)c1. The zero-order chi connectivity index (χ0) is 13.8. The molecule has 0 bridgehead atoms. The van der Waals surface area contributed by atoms with Crippen molar-refractivity contribution in [2.24, 2.45) is 0 Å². The second-order valence-corrected chi connectivity index (χ2v) is 5.56. The number of benzene rings is 1. The van der Waals surface area contributed by atoms with Crippen molar-refractivity contribution in [3.8, 4) is 11.5 Å². The summed E-state index contributed by atoms with van der Waals surface area (Å²) in [5, 5.41) is 20.7. The van der Waals surface area contributed by atoms with E-state index in [-0.39, 0.29) is 29.4 Å². The average Bonchev–Trinajstić information content (AvgIpc) is 2.27. The van der Waals surface area contributed by atoms with Gasteiger partial charge in [-0.2, -0.15) is 0 Å². The second kappa shape index (κ2) is 5.69. The standard InChI is InChI=1S/C10H14N2O5S/c1-11-18(16,17)3-2-12-10(15)7-4-8(13)6-9(14)5-7/h4-6,11,13-14H,2-3H2,1H3,(H,12,15). The average molecular weight is 274 g/mol. The maximum absolute atomic E-state index is 11.6. The van der Waals surface area contributed by atoms with Gasteiger partial charge in [0.05, 0.1) is 5.75 Å². The number of phenolic OH excluding ortho intramolecular Hbond substituents is 2. The molecule has 7 nitrogen and oxygen atoms in total. The first-order chi connectivity index (χ1) is 8.34. The van der Waals surface area contributed by atoms with E-state index in [1.54, 1.807) is 0 Å². The van der Waals surface area contributed by atoms with E-state index in [4.69, 9.17) is 0 Å². The van der Waals surface area contributed by atoms with E-state index >= 15 is 0 Å². The third kappa shape index (κ3) is 4.22. The summed E-state index contributed by atoms with van der Waals surface area (Å²) >= 11 is 0. The number of sulfonamides is 1. The molecule has 0 saturated carbocycles. The monoisotopic (exact) mass is 274 g/mol. The van der Waals surface area contributed by atoms with Gasteiger partial charge in [-0.1, -0.05) is 0 Å². The first-order valence-corrected chi connectivity index (χ1v) is 6.72. The van der Waals surface area contributed by atoms with Crippen molar-refractivity contribution in [1.29, 1.82) is 0 Å². The van der Waals surface area contributed by atoms with Crippen LogP contribution in [0.2, 0.25) is 0 Å². The van der Waals surface area contributed by atoms with Crippen LogP contribution in [-0.4, -0.2) is 43.9 Å². The zero-order valence-electron chi connectivity index (χ0n) is 9.67. The van der Waals surface area contributed by atoms with E-state index in [0.29, 0.717) is 0 Å². The number of rotatable bonds is 5. The molecule has 0 saturated heterocycles. The second-order valence-electron chi connectivity index (χ2n) is 3.52. The minimum Gasteiger partial charge on any atom is -0.508 e. The molecule has 0 aliphatic rings.